The predicted octanol–water partition coefficient (Wildman–Crippen LogP) is 1.63. The van der Waals surface area contributed by atoms with Crippen LogP contribution in [0.1, 0.15) is 12.0 Å². The summed E-state index contributed by atoms with van der Waals surface area (Å²) in [5.74, 6) is 0.0177. The van der Waals surface area contributed by atoms with E-state index in [2.05, 4.69) is 0 Å². The molecule has 0 saturated carbocycles. The summed E-state index contributed by atoms with van der Waals surface area (Å²) in [6, 6.07) is 16.1. The normalized spacial score (nSPS) is 20.1. The highest BCUT2D eigenvalue weighted by Gasteiger charge is 2.36. The highest BCUT2D eigenvalue weighted by Crippen LogP contribution is 2.31. The van der Waals surface area contributed by atoms with E-state index in [0.717, 1.165) is 5.56 Å². The lowest BCUT2D eigenvalue weighted by Crippen LogP contribution is -2.49. The number of amides is 2. The first-order chi connectivity index (χ1) is 13.9. The third-order valence-corrected chi connectivity index (χ3v) is 7.02. The van der Waals surface area contributed by atoms with Crippen molar-refractivity contribution in [2.24, 2.45) is 0 Å². The summed E-state index contributed by atoms with van der Waals surface area (Å²) in [7, 11) is -3.15. The molecule has 1 atom stereocenters. The van der Waals surface area contributed by atoms with E-state index in [9.17, 15) is 18.0 Å². The number of sulfone groups is 1. The van der Waals surface area contributed by atoms with Gasteiger partial charge in [0.1, 0.15) is 12.3 Å². The molecule has 1 saturated heterocycles. The van der Waals surface area contributed by atoms with Crippen molar-refractivity contribution in [1.29, 1.82) is 0 Å². The molecule has 2 heterocycles. The second-order valence-electron chi connectivity index (χ2n) is 7.30. The number of nitrogens with zero attached hydrogens (tertiary/aromatic N) is 2. The molecule has 0 N–H and O–H groups in total. The fourth-order valence-corrected chi connectivity index (χ4v) is 5.51. The first-order valence-electron chi connectivity index (χ1n) is 9.49. The Balaban J connectivity index is 1.59. The lowest BCUT2D eigenvalue weighted by molar-refractivity contribution is -0.134. The molecule has 29 heavy (non-hydrogen) atoms. The van der Waals surface area contributed by atoms with Crippen LogP contribution < -0.4 is 9.64 Å². The van der Waals surface area contributed by atoms with Gasteiger partial charge in [-0.1, -0.05) is 42.5 Å². The number of carbonyl (C=O) groups is 2. The van der Waals surface area contributed by atoms with Crippen LogP contribution in [0.15, 0.2) is 54.6 Å². The summed E-state index contributed by atoms with van der Waals surface area (Å²) >= 11 is 0. The zero-order chi connectivity index (χ0) is 20.4. The van der Waals surface area contributed by atoms with E-state index in [1.54, 1.807) is 29.2 Å². The van der Waals surface area contributed by atoms with Gasteiger partial charge in [0.05, 0.1) is 17.2 Å². The molecule has 2 aromatic carbocycles. The molecule has 8 heteroatoms. The van der Waals surface area contributed by atoms with Gasteiger partial charge in [-0.15, -0.1) is 0 Å². The summed E-state index contributed by atoms with van der Waals surface area (Å²) in [5, 5.41) is 0. The summed E-state index contributed by atoms with van der Waals surface area (Å²) in [4.78, 5) is 28.7. The average Bonchev–Trinajstić information content (AvgIpc) is 3.08. The van der Waals surface area contributed by atoms with E-state index in [0.29, 0.717) is 24.4 Å². The predicted molar refractivity (Wildman–Crippen MR) is 108 cm³/mol. The van der Waals surface area contributed by atoms with Gasteiger partial charge in [0, 0.05) is 12.6 Å². The minimum atomic E-state index is -3.15. The van der Waals surface area contributed by atoms with Crippen LogP contribution in [0.2, 0.25) is 0 Å². The van der Waals surface area contributed by atoms with Crippen molar-refractivity contribution in [3.63, 3.8) is 0 Å². The highest BCUT2D eigenvalue weighted by atomic mass is 32.2. The fourth-order valence-electron chi connectivity index (χ4n) is 3.78. The summed E-state index contributed by atoms with van der Waals surface area (Å²) in [5.41, 5.74) is 1.47. The van der Waals surface area contributed by atoms with Crippen LogP contribution in [-0.2, 0) is 26.0 Å². The summed E-state index contributed by atoms with van der Waals surface area (Å²) in [6.45, 7) is 0.0312. The van der Waals surface area contributed by atoms with Crippen molar-refractivity contribution in [2.45, 2.75) is 19.0 Å². The lowest BCUT2D eigenvalue weighted by Gasteiger charge is -2.33. The van der Waals surface area contributed by atoms with Crippen LogP contribution >= 0.6 is 0 Å². The largest absolute Gasteiger partial charge is 0.482 e. The van der Waals surface area contributed by atoms with Crippen molar-refractivity contribution in [3.05, 3.63) is 60.2 Å². The Morgan fingerprint density at radius 2 is 1.83 bits per heavy atom. The van der Waals surface area contributed by atoms with Gasteiger partial charge < -0.3 is 9.64 Å². The molecule has 0 unspecified atom stereocenters. The molecular weight excluding hydrogens is 392 g/mol. The maximum absolute atomic E-state index is 13.3. The number of carbonyl (C=O) groups excluding carboxylic acids is 2. The smallest absolute Gasteiger partial charge is 0.265 e. The third kappa shape index (κ3) is 4.27. The Kier molecular flexibility index (Phi) is 5.27. The van der Waals surface area contributed by atoms with E-state index in [-0.39, 0.29) is 42.5 Å². The number of rotatable bonds is 5. The van der Waals surface area contributed by atoms with Crippen molar-refractivity contribution in [1.82, 2.24) is 4.90 Å². The number of benzene rings is 2. The molecule has 2 amide bonds. The van der Waals surface area contributed by atoms with Gasteiger partial charge in [0.15, 0.2) is 16.4 Å². The zero-order valence-electron chi connectivity index (χ0n) is 15.9. The molecular formula is C21H22N2O5S. The number of para-hydroxylation sites is 2. The van der Waals surface area contributed by atoms with E-state index in [1.165, 1.54) is 4.90 Å². The minimum absolute atomic E-state index is 0.0424. The van der Waals surface area contributed by atoms with Crippen LogP contribution in [-0.4, -0.2) is 55.8 Å². The Morgan fingerprint density at radius 3 is 2.55 bits per heavy atom. The topological polar surface area (TPSA) is 84.0 Å². The molecule has 0 radical (unpaired) electrons. The van der Waals surface area contributed by atoms with E-state index in [4.69, 9.17) is 4.74 Å². The van der Waals surface area contributed by atoms with Gasteiger partial charge in [-0.05, 0) is 24.1 Å². The number of hydrogen-bond donors (Lipinski definition) is 0. The first-order valence-corrected chi connectivity index (χ1v) is 11.3. The molecule has 4 rings (SSSR count). The van der Waals surface area contributed by atoms with Crippen LogP contribution in [0.3, 0.4) is 0 Å². The van der Waals surface area contributed by atoms with Gasteiger partial charge in [0.25, 0.3) is 5.91 Å². The summed E-state index contributed by atoms with van der Waals surface area (Å²) < 4.78 is 29.4. The van der Waals surface area contributed by atoms with Crippen molar-refractivity contribution >= 4 is 27.3 Å². The standard InChI is InChI=1S/C21H22N2O5S/c24-20(13-23-18-8-4-5-9-19(18)28-14-21(23)25)22(12-16-6-2-1-3-7-16)17-10-11-29(26,27)15-17/h1-9,17H,10-15H2/t17-/m0/s1. The van der Waals surface area contributed by atoms with Crippen LogP contribution in [0.25, 0.3) is 0 Å². The van der Waals surface area contributed by atoms with Gasteiger partial charge in [-0.2, -0.15) is 0 Å². The maximum atomic E-state index is 13.3. The maximum Gasteiger partial charge on any atom is 0.265 e. The summed E-state index contributed by atoms with van der Waals surface area (Å²) in [6.07, 6.45) is 0.411. The second kappa shape index (κ2) is 7.87. The minimum Gasteiger partial charge on any atom is -0.482 e. The molecule has 0 aromatic heterocycles. The number of ether oxygens (including phenoxy) is 1. The molecule has 2 aliphatic heterocycles. The highest BCUT2D eigenvalue weighted by molar-refractivity contribution is 7.91. The zero-order valence-corrected chi connectivity index (χ0v) is 16.7. The quantitative estimate of drug-likeness (QED) is 0.743. The Bertz CT molecular complexity index is 1020. The molecule has 0 spiro atoms. The van der Waals surface area contributed by atoms with Gasteiger partial charge in [-0.3, -0.25) is 14.5 Å². The van der Waals surface area contributed by atoms with E-state index in [1.807, 2.05) is 30.3 Å². The van der Waals surface area contributed by atoms with Gasteiger partial charge >= 0.3 is 0 Å². The fraction of sp³-hybridized carbons (Fsp3) is 0.333. The van der Waals surface area contributed by atoms with Crippen LogP contribution in [0.5, 0.6) is 5.75 Å². The molecule has 7 nitrogen and oxygen atoms in total. The van der Waals surface area contributed by atoms with Crippen molar-refractivity contribution < 1.29 is 22.7 Å². The van der Waals surface area contributed by atoms with Crippen molar-refractivity contribution in [2.75, 3.05) is 29.6 Å². The van der Waals surface area contributed by atoms with Crippen LogP contribution in [0.4, 0.5) is 5.69 Å². The monoisotopic (exact) mass is 414 g/mol. The van der Waals surface area contributed by atoms with Gasteiger partial charge in [0.2, 0.25) is 5.91 Å². The number of hydrogen-bond acceptors (Lipinski definition) is 5. The van der Waals surface area contributed by atoms with Crippen molar-refractivity contribution in [3.8, 4) is 5.75 Å². The Labute approximate surface area is 169 Å². The molecule has 152 valence electrons. The molecule has 1 fully saturated rings. The van der Waals surface area contributed by atoms with Gasteiger partial charge in [-0.25, -0.2) is 8.42 Å². The van der Waals surface area contributed by atoms with E-state index >= 15 is 0 Å². The first kappa shape index (κ1) is 19.4. The average molecular weight is 414 g/mol. The number of fused-ring (bicyclic) bond motifs is 1. The molecule has 2 aliphatic rings. The SMILES string of the molecule is O=C1COc2ccccc2N1CC(=O)N(Cc1ccccc1)[C@H]1CCS(=O)(=O)C1. The molecule has 0 bridgehead atoms. The second-order valence-corrected chi connectivity index (χ2v) is 9.53. The number of anilines is 1. The van der Waals surface area contributed by atoms with E-state index < -0.39 is 9.84 Å². The third-order valence-electron chi connectivity index (χ3n) is 5.27. The Hall–Kier alpha value is -2.87. The van der Waals surface area contributed by atoms with Crippen LogP contribution in [0, 0.1) is 0 Å². The lowest BCUT2D eigenvalue weighted by atomic mass is 10.1. The molecule has 0 aliphatic carbocycles. The Morgan fingerprint density at radius 1 is 1.10 bits per heavy atom. The molecule has 2 aromatic rings.